The molecule has 0 heterocycles. The van der Waals surface area contributed by atoms with Crippen molar-refractivity contribution < 1.29 is 5.11 Å². The molecule has 2 aliphatic rings. The minimum absolute atomic E-state index is 0.828. The van der Waals surface area contributed by atoms with Crippen LogP contribution in [0.5, 0.6) is 0 Å². The second kappa shape index (κ2) is 4.91. The zero-order valence-corrected chi connectivity index (χ0v) is 9.64. The molecule has 16 heavy (non-hydrogen) atoms. The molecule has 0 aromatic heterocycles. The average Bonchev–Trinajstić information content (AvgIpc) is 2.85. The quantitative estimate of drug-likeness (QED) is 0.762. The van der Waals surface area contributed by atoms with Crippen LogP contribution in [-0.2, 0) is 0 Å². The Morgan fingerprint density at radius 3 is 2.00 bits per heavy atom. The second-order valence-corrected chi connectivity index (χ2v) is 4.51. The molecule has 82 valence electrons. The highest BCUT2D eigenvalue weighted by Gasteiger charge is 2.31. The van der Waals surface area contributed by atoms with Crippen molar-refractivity contribution in [3.05, 3.63) is 74.9 Å². The van der Waals surface area contributed by atoms with Crippen LogP contribution in [0.2, 0.25) is 0 Å². The van der Waals surface area contributed by atoms with Gasteiger partial charge in [0.25, 0.3) is 0 Å². The molecule has 1 heteroatoms. The van der Waals surface area contributed by atoms with E-state index in [1.807, 2.05) is 71.3 Å². The van der Waals surface area contributed by atoms with Crippen molar-refractivity contribution in [2.75, 3.05) is 0 Å². The van der Waals surface area contributed by atoms with E-state index in [4.69, 9.17) is 0 Å². The molecule has 0 aromatic rings. The predicted octanol–water partition coefficient (Wildman–Crippen LogP) is 2.49. The fourth-order valence-electron chi connectivity index (χ4n) is 1.82. The third-order valence-corrected chi connectivity index (χ3v) is 2.63. The molecule has 0 amide bonds. The molecule has 1 nitrogen and oxygen atoms in total. The highest BCUT2D eigenvalue weighted by molar-refractivity contribution is 5.55. The monoisotopic (exact) mass is 212 g/mol. The Labute approximate surface area is 99.9 Å². The molecule has 0 atom stereocenters. The summed E-state index contributed by atoms with van der Waals surface area (Å²) in [6.45, 7) is 3.63. The Bertz CT molecular complexity index is 247. The van der Waals surface area contributed by atoms with Gasteiger partial charge in [0.1, 0.15) is 0 Å². The maximum atomic E-state index is 10.2. The Balaban J connectivity index is 2.12. The fourth-order valence-corrected chi connectivity index (χ4v) is 1.82. The van der Waals surface area contributed by atoms with Crippen LogP contribution in [-0.4, -0.2) is 10.7 Å². The van der Waals surface area contributed by atoms with Gasteiger partial charge in [-0.3, -0.25) is 0 Å². The topological polar surface area (TPSA) is 20.2 Å². The number of rotatable bonds is 3. The SMILES string of the molecule is CC(C)(O)/C(=C/[C]1[CH][CH][CH][CH]1)[C]1[CH][CH][CH][CH]1. The van der Waals surface area contributed by atoms with Gasteiger partial charge in [-0.15, -0.1) is 0 Å². The smallest absolute Gasteiger partial charge is 0.0806 e. The third kappa shape index (κ3) is 2.88. The van der Waals surface area contributed by atoms with Crippen molar-refractivity contribution >= 4 is 0 Å². The van der Waals surface area contributed by atoms with E-state index >= 15 is 0 Å². The summed E-state index contributed by atoms with van der Waals surface area (Å²) < 4.78 is 0. The van der Waals surface area contributed by atoms with E-state index in [9.17, 15) is 5.11 Å². The lowest BCUT2D eigenvalue weighted by Gasteiger charge is -2.27. The molecule has 0 unspecified atom stereocenters. The summed E-state index contributed by atoms with van der Waals surface area (Å²) in [5.41, 5.74) is 0.120. The standard InChI is InChI=1S/C15H16O/c1-15(2,16)14(13-9-5-6-10-13)11-12-7-3-4-8-12/h3-11,16H,1-2H3/b14-11+. The highest BCUT2D eigenvalue weighted by atomic mass is 16.3. The van der Waals surface area contributed by atoms with E-state index in [1.54, 1.807) is 0 Å². The van der Waals surface area contributed by atoms with Crippen LogP contribution in [0.1, 0.15) is 13.8 Å². The number of hydrogen-bond acceptors (Lipinski definition) is 1. The van der Waals surface area contributed by atoms with Crippen molar-refractivity contribution in [1.29, 1.82) is 0 Å². The molecule has 1 N–H and O–H groups in total. The average molecular weight is 212 g/mol. The van der Waals surface area contributed by atoms with Crippen LogP contribution in [0.4, 0.5) is 0 Å². The Morgan fingerprint density at radius 1 is 1.00 bits per heavy atom. The summed E-state index contributed by atoms with van der Waals surface area (Å²) in [6.07, 6.45) is 18.1. The fraction of sp³-hybridized carbons (Fsp3) is 0.200. The summed E-state index contributed by atoms with van der Waals surface area (Å²) in [4.78, 5) is 0. The maximum Gasteiger partial charge on any atom is 0.0806 e. The van der Waals surface area contributed by atoms with Crippen LogP contribution in [0.15, 0.2) is 11.6 Å². The molecule has 2 fully saturated rings. The minimum Gasteiger partial charge on any atom is -0.386 e. The van der Waals surface area contributed by atoms with Crippen LogP contribution >= 0.6 is 0 Å². The Kier molecular flexibility index (Phi) is 3.73. The molecule has 10 radical (unpaired) electrons. The van der Waals surface area contributed by atoms with Crippen LogP contribution in [0.3, 0.4) is 0 Å². The zero-order valence-electron chi connectivity index (χ0n) is 9.64. The van der Waals surface area contributed by atoms with E-state index in [1.165, 1.54) is 0 Å². The van der Waals surface area contributed by atoms with E-state index in [2.05, 4.69) is 0 Å². The van der Waals surface area contributed by atoms with Gasteiger partial charge in [0, 0.05) is 11.8 Å². The molecule has 0 saturated heterocycles. The van der Waals surface area contributed by atoms with Gasteiger partial charge < -0.3 is 5.11 Å². The molecule has 0 spiro atoms. The summed E-state index contributed by atoms with van der Waals surface area (Å²) >= 11 is 0. The molecule has 0 bridgehead atoms. The van der Waals surface area contributed by atoms with Gasteiger partial charge in [-0.25, -0.2) is 0 Å². The third-order valence-electron chi connectivity index (χ3n) is 2.63. The summed E-state index contributed by atoms with van der Waals surface area (Å²) in [6, 6.07) is 0. The van der Waals surface area contributed by atoms with E-state index < -0.39 is 5.60 Å². The molecule has 0 aliphatic heterocycles. The lowest BCUT2D eigenvalue weighted by atomic mass is 9.83. The summed E-state index contributed by atoms with van der Waals surface area (Å²) in [7, 11) is 0. The number of allylic oxidation sites excluding steroid dienone is 1. The molecule has 2 saturated carbocycles. The van der Waals surface area contributed by atoms with Gasteiger partial charge in [-0.05, 0) is 70.8 Å². The highest BCUT2D eigenvalue weighted by Crippen LogP contribution is 2.38. The van der Waals surface area contributed by atoms with E-state index in [0.29, 0.717) is 0 Å². The van der Waals surface area contributed by atoms with Crippen molar-refractivity contribution in [2.24, 2.45) is 0 Å². The van der Waals surface area contributed by atoms with Gasteiger partial charge in [0.2, 0.25) is 0 Å². The van der Waals surface area contributed by atoms with Crippen molar-refractivity contribution in [3.63, 3.8) is 0 Å². The van der Waals surface area contributed by atoms with E-state index in [0.717, 1.165) is 17.4 Å². The van der Waals surface area contributed by atoms with Gasteiger partial charge in [0.05, 0.1) is 5.60 Å². The van der Waals surface area contributed by atoms with Crippen molar-refractivity contribution in [1.82, 2.24) is 0 Å². The van der Waals surface area contributed by atoms with Gasteiger partial charge in [-0.1, -0.05) is 6.08 Å². The first-order valence-electron chi connectivity index (χ1n) is 5.46. The first-order chi connectivity index (χ1) is 7.57. The zero-order chi connectivity index (χ0) is 11.6. The van der Waals surface area contributed by atoms with Crippen LogP contribution in [0, 0.1) is 63.2 Å². The minimum atomic E-state index is -0.828. The molecular weight excluding hydrogens is 196 g/mol. The maximum absolute atomic E-state index is 10.2. The van der Waals surface area contributed by atoms with Crippen molar-refractivity contribution in [3.8, 4) is 0 Å². The van der Waals surface area contributed by atoms with Crippen molar-refractivity contribution in [2.45, 2.75) is 19.4 Å². The largest absolute Gasteiger partial charge is 0.386 e. The lowest BCUT2D eigenvalue weighted by molar-refractivity contribution is 0.120. The summed E-state index contributed by atoms with van der Waals surface area (Å²) in [5, 5.41) is 10.2. The Hall–Kier alpha value is -0.300. The first-order valence-corrected chi connectivity index (χ1v) is 5.46. The van der Waals surface area contributed by atoms with E-state index in [-0.39, 0.29) is 0 Å². The summed E-state index contributed by atoms with van der Waals surface area (Å²) in [5.74, 6) is 2.20. The van der Waals surface area contributed by atoms with Crippen LogP contribution in [0.25, 0.3) is 0 Å². The molecule has 2 rings (SSSR count). The Morgan fingerprint density at radius 2 is 1.50 bits per heavy atom. The number of aliphatic hydroxyl groups is 1. The molecule has 2 aliphatic carbocycles. The predicted molar refractivity (Wildman–Crippen MR) is 65.3 cm³/mol. The van der Waals surface area contributed by atoms with Gasteiger partial charge in [-0.2, -0.15) is 0 Å². The first kappa shape index (κ1) is 12.2. The van der Waals surface area contributed by atoms with Crippen LogP contribution < -0.4 is 0 Å². The van der Waals surface area contributed by atoms with Gasteiger partial charge >= 0.3 is 0 Å². The van der Waals surface area contributed by atoms with Gasteiger partial charge in [0.15, 0.2) is 0 Å². The second-order valence-electron chi connectivity index (χ2n) is 4.51. The molecule has 0 aromatic carbocycles. The number of hydrogen-bond donors (Lipinski definition) is 1. The lowest BCUT2D eigenvalue weighted by Crippen LogP contribution is -2.26. The normalized spacial score (nSPS) is 25.6. The molecular formula is C15H16O.